The van der Waals surface area contributed by atoms with Crippen LogP contribution in [-0.4, -0.2) is 12.7 Å². The second-order valence-corrected chi connectivity index (χ2v) is 6.82. The Morgan fingerprint density at radius 3 is 2.19 bits per heavy atom. The summed E-state index contributed by atoms with van der Waals surface area (Å²) in [5, 5.41) is 0. The molecule has 1 aromatic rings. The van der Waals surface area contributed by atoms with Crippen LogP contribution < -0.4 is 4.74 Å². The van der Waals surface area contributed by atoms with Gasteiger partial charge in [0.05, 0.1) is 0 Å². The Morgan fingerprint density at radius 1 is 1.10 bits per heavy atom. The summed E-state index contributed by atoms with van der Waals surface area (Å²) in [6, 6.07) is 8.05. The summed E-state index contributed by atoms with van der Waals surface area (Å²) in [5.74, 6) is 2.40. The zero-order valence-electron chi connectivity index (χ0n) is 13.0. The molecule has 0 spiro atoms. The lowest BCUT2D eigenvalue weighted by atomic mass is 9.25. The first-order valence-corrected chi connectivity index (χ1v) is 8.50. The van der Waals surface area contributed by atoms with Crippen LogP contribution >= 0.6 is 0 Å². The Labute approximate surface area is 128 Å². The Balaban J connectivity index is 1.56. The zero-order valence-corrected chi connectivity index (χ0v) is 13.0. The van der Waals surface area contributed by atoms with E-state index in [1.807, 2.05) is 12.1 Å². The van der Waals surface area contributed by atoms with Gasteiger partial charge in [0, 0.05) is 6.92 Å². The topological polar surface area (TPSA) is 26.3 Å². The first-order chi connectivity index (χ1) is 10.2. The van der Waals surface area contributed by atoms with E-state index in [-0.39, 0.29) is 5.97 Å². The van der Waals surface area contributed by atoms with E-state index in [4.69, 9.17) is 4.74 Å². The van der Waals surface area contributed by atoms with Gasteiger partial charge in [-0.2, -0.15) is 0 Å². The molecule has 0 unspecified atom stereocenters. The lowest BCUT2D eigenvalue weighted by Gasteiger charge is -2.40. The predicted octanol–water partition coefficient (Wildman–Crippen LogP) is 4.76. The first-order valence-electron chi connectivity index (χ1n) is 8.50. The fourth-order valence-electron chi connectivity index (χ4n) is 4.51. The fraction of sp³-hybridized carbons (Fsp3) is 0.611. The van der Waals surface area contributed by atoms with Crippen molar-refractivity contribution in [2.45, 2.75) is 69.8 Å². The van der Waals surface area contributed by atoms with Gasteiger partial charge in [0.25, 0.3) is 0 Å². The van der Waals surface area contributed by atoms with E-state index in [9.17, 15) is 4.79 Å². The van der Waals surface area contributed by atoms with Crippen molar-refractivity contribution in [3.05, 3.63) is 29.8 Å². The molecular weight excluding hydrogens is 259 g/mol. The maximum atomic E-state index is 10.9. The molecule has 21 heavy (non-hydrogen) atoms. The SMILES string of the molecule is CC(=O)Oc1ccc(CCB2C3CCCC2CCC3)cc1. The zero-order chi connectivity index (χ0) is 14.7. The summed E-state index contributed by atoms with van der Waals surface area (Å²) >= 11 is 0. The van der Waals surface area contributed by atoms with E-state index >= 15 is 0 Å². The summed E-state index contributed by atoms with van der Waals surface area (Å²) in [5.41, 5.74) is 1.37. The highest BCUT2D eigenvalue weighted by molar-refractivity contribution is 6.62. The van der Waals surface area contributed by atoms with E-state index in [1.165, 1.54) is 57.3 Å². The summed E-state index contributed by atoms with van der Waals surface area (Å²) in [6.07, 6.45) is 11.3. The van der Waals surface area contributed by atoms with E-state index in [1.54, 1.807) is 0 Å². The van der Waals surface area contributed by atoms with Crippen molar-refractivity contribution in [2.24, 2.45) is 0 Å². The summed E-state index contributed by atoms with van der Waals surface area (Å²) in [4.78, 5) is 10.9. The summed E-state index contributed by atoms with van der Waals surface area (Å²) in [6.45, 7) is 2.40. The number of hydrogen-bond donors (Lipinski definition) is 0. The van der Waals surface area contributed by atoms with Gasteiger partial charge in [0.2, 0.25) is 0 Å². The number of carbonyl (C=O) groups excluding carboxylic acids is 1. The number of hydrogen-bond acceptors (Lipinski definition) is 2. The maximum absolute atomic E-state index is 10.9. The van der Waals surface area contributed by atoms with Gasteiger partial charge in [0.15, 0.2) is 0 Å². The van der Waals surface area contributed by atoms with Gasteiger partial charge < -0.3 is 4.74 Å². The van der Waals surface area contributed by atoms with Gasteiger partial charge in [-0.15, -0.1) is 0 Å². The molecule has 0 aromatic heterocycles. The molecule has 3 rings (SSSR count). The van der Waals surface area contributed by atoms with Gasteiger partial charge >= 0.3 is 5.97 Å². The minimum Gasteiger partial charge on any atom is -0.427 e. The number of aryl methyl sites for hydroxylation is 1. The van der Waals surface area contributed by atoms with Crippen molar-refractivity contribution in [3.8, 4) is 5.75 Å². The van der Waals surface area contributed by atoms with Gasteiger partial charge in [-0.25, -0.2) is 0 Å². The highest BCUT2D eigenvalue weighted by Gasteiger charge is 2.38. The van der Waals surface area contributed by atoms with Crippen LogP contribution in [0.1, 0.15) is 51.0 Å². The molecule has 3 heteroatoms. The Bertz CT molecular complexity index is 460. The smallest absolute Gasteiger partial charge is 0.308 e. The van der Waals surface area contributed by atoms with Crippen LogP contribution in [0.5, 0.6) is 5.75 Å². The molecule has 2 bridgehead atoms. The van der Waals surface area contributed by atoms with Crippen molar-refractivity contribution in [3.63, 3.8) is 0 Å². The van der Waals surface area contributed by atoms with E-state index in [0.29, 0.717) is 5.75 Å². The molecule has 112 valence electrons. The number of rotatable bonds is 4. The second kappa shape index (κ2) is 6.68. The number of esters is 1. The molecule has 2 aliphatic heterocycles. The van der Waals surface area contributed by atoms with Gasteiger partial charge in [-0.3, -0.25) is 4.79 Å². The van der Waals surface area contributed by atoms with Crippen LogP contribution in [-0.2, 0) is 11.2 Å². The van der Waals surface area contributed by atoms with E-state index < -0.39 is 0 Å². The van der Waals surface area contributed by atoms with Crippen LogP contribution in [0.15, 0.2) is 24.3 Å². The quantitative estimate of drug-likeness (QED) is 0.453. The molecule has 2 heterocycles. The molecular formula is C18H25BO2. The van der Waals surface area contributed by atoms with Crippen LogP contribution in [0, 0.1) is 0 Å². The molecule has 0 amide bonds. The molecule has 0 saturated carbocycles. The third-order valence-corrected chi connectivity index (χ3v) is 5.46. The average molecular weight is 284 g/mol. The van der Waals surface area contributed by atoms with Crippen LogP contribution in [0.25, 0.3) is 0 Å². The first kappa shape index (κ1) is 14.7. The van der Waals surface area contributed by atoms with Crippen molar-refractivity contribution >= 4 is 12.7 Å². The molecule has 0 aliphatic carbocycles. The lowest BCUT2D eigenvalue weighted by Crippen LogP contribution is -2.34. The monoisotopic (exact) mass is 284 g/mol. The summed E-state index contributed by atoms with van der Waals surface area (Å²) in [7, 11) is 0. The van der Waals surface area contributed by atoms with Crippen molar-refractivity contribution < 1.29 is 9.53 Å². The van der Waals surface area contributed by atoms with Crippen molar-refractivity contribution in [1.82, 2.24) is 0 Å². The van der Waals surface area contributed by atoms with Crippen LogP contribution in [0.2, 0.25) is 18.0 Å². The fourth-order valence-corrected chi connectivity index (χ4v) is 4.51. The van der Waals surface area contributed by atoms with Crippen molar-refractivity contribution in [2.75, 3.05) is 0 Å². The molecule has 2 aliphatic rings. The van der Waals surface area contributed by atoms with Gasteiger partial charge in [-0.1, -0.05) is 68.6 Å². The lowest BCUT2D eigenvalue weighted by molar-refractivity contribution is -0.131. The predicted molar refractivity (Wildman–Crippen MR) is 87.2 cm³/mol. The second-order valence-electron chi connectivity index (χ2n) is 6.82. The minimum atomic E-state index is -0.252. The van der Waals surface area contributed by atoms with E-state index in [0.717, 1.165) is 24.8 Å². The number of benzene rings is 1. The number of carbonyl (C=O) groups is 1. The van der Waals surface area contributed by atoms with E-state index in [2.05, 4.69) is 12.1 Å². The van der Waals surface area contributed by atoms with Gasteiger partial charge in [-0.05, 0) is 24.1 Å². The Morgan fingerprint density at radius 2 is 1.67 bits per heavy atom. The average Bonchev–Trinajstić information content (AvgIpc) is 2.45. The van der Waals surface area contributed by atoms with Gasteiger partial charge in [0.1, 0.15) is 12.5 Å². The molecule has 0 radical (unpaired) electrons. The third-order valence-electron chi connectivity index (χ3n) is 5.46. The molecule has 0 atom stereocenters. The minimum absolute atomic E-state index is 0.252. The normalized spacial score (nSPS) is 24.7. The summed E-state index contributed by atoms with van der Waals surface area (Å²) < 4.78 is 5.09. The largest absolute Gasteiger partial charge is 0.427 e. The molecule has 0 N–H and O–H groups in total. The number of ether oxygens (including phenoxy) is 1. The number of fused-ring (bicyclic) bond motifs is 2. The molecule has 1 aromatic carbocycles. The van der Waals surface area contributed by atoms with Crippen LogP contribution in [0.3, 0.4) is 0 Å². The molecule has 2 nitrogen and oxygen atoms in total. The Kier molecular flexibility index (Phi) is 4.67. The Hall–Kier alpha value is -1.25. The van der Waals surface area contributed by atoms with Crippen LogP contribution in [0.4, 0.5) is 0 Å². The highest BCUT2D eigenvalue weighted by atomic mass is 16.5. The molecule has 2 saturated heterocycles. The van der Waals surface area contributed by atoms with Crippen molar-refractivity contribution in [1.29, 1.82) is 0 Å². The maximum Gasteiger partial charge on any atom is 0.308 e. The standard InChI is InChI=1S/C18H25BO2/c1-14(20)21-18-10-8-15(9-11-18)12-13-19-16-4-2-5-17(19)7-3-6-16/h8-11,16-17H,2-7,12-13H2,1H3. The third kappa shape index (κ3) is 3.69. The molecule has 2 fully saturated rings. The highest BCUT2D eigenvalue weighted by Crippen LogP contribution is 2.47.